The molecule has 1 fully saturated rings. The normalized spacial score (nSPS) is 17.5. The van der Waals surface area contributed by atoms with Gasteiger partial charge in [-0.25, -0.2) is 0 Å². The summed E-state index contributed by atoms with van der Waals surface area (Å²) in [6.45, 7) is 4.24. The van der Waals surface area contributed by atoms with Gasteiger partial charge in [0.2, 0.25) is 0 Å². The summed E-state index contributed by atoms with van der Waals surface area (Å²) in [5.41, 5.74) is 1.01. The number of ketones is 1. The number of ether oxygens (including phenoxy) is 4. The van der Waals surface area contributed by atoms with Gasteiger partial charge in [0, 0.05) is 19.2 Å². The molecule has 8 heteroatoms. The summed E-state index contributed by atoms with van der Waals surface area (Å²) < 4.78 is 21.5. The number of benzene rings is 2. The van der Waals surface area contributed by atoms with Crippen molar-refractivity contribution >= 4 is 17.4 Å². The van der Waals surface area contributed by atoms with E-state index in [0.29, 0.717) is 28.4 Å². The molecule has 2 aromatic carbocycles. The Hall–Kier alpha value is -3.52. The molecule has 3 rings (SSSR count). The number of nitrogens with zero attached hydrogens (tertiary/aromatic N) is 1. The molecule has 1 saturated heterocycles. The van der Waals surface area contributed by atoms with Crippen LogP contribution in [0.2, 0.25) is 0 Å². The number of Topliss-reactive ketones (excluding diaryl/α,β-unsaturated/α-hetero) is 1. The van der Waals surface area contributed by atoms with E-state index in [4.69, 9.17) is 18.9 Å². The van der Waals surface area contributed by atoms with Gasteiger partial charge in [-0.1, -0.05) is 6.07 Å². The lowest BCUT2D eigenvalue weighted by Crippen LogP contribution is -2.32. The van der Waals surface area contributed by atoms with Crippen LogP contribution in [0.3, 0.4) is 0 Å². The van der Waals surface area contributed by atoms with Crippen LogP contribution in [0.15, 0.2) is 48.0 Å². The first kappa shape index (κ1) is 24.1. The molecule has 0 spiro atoms. The SMILES string of the molecule is COCCN1C(=O)C(=O)/C(=C(/O)c2ccc(OC(C)C)cc2)C1c1ccc(OC)c(OC)c1. The van der Waals surface area contributed by atoms with Crippen molar-refractivity contribution in [3.8, 4) is 17.2 Å². The number of amides is 1. The lowest BCUT2D eigenvalue weighted by atomic mass is 9.95. The maximum absolute atomic E-state index is 13.0. The first-order valence-corrected chi connectivity index (χ1v) is 10.6. The van der Waals surface area contributed by atoms with E-state index in [1.807, 2.05) is 13.8 Å². The van der Waals surface area contributed by atoms with Crippen molar-refractivity contribution in [2.75, 3.05) is 34.5 Å². The van der Waals surface area contributed by atoms with E-state index in [1.165, 1.54) is 26.2 Å². The molecule has 0 aliphatic carbocycles. The third kappa shape index (κ3) is 4.96. The highest BCUT2D eigenvalue weighted by atomic mass is 16.5. The van der Waals surface area contributed by atoms with Crippen LogP contribution in [-0.2, 0) is 14.3 Å². The molecular formula is C25H29NO7. The Labute approximate surface area is 193 Å². The van der Waals surface area contributed by atoms with Crippen molar-refractivity contribution in [1.82, 2.24) is 4.90 Å². The fourth-order valence-corrected chi connectivity index (χ4v) is 3.79. The molecule has 1 unspecified atom stereocenters. The first-order valence-electron chi connectivity index (χ1n) is 10.6. The van der Waals surface area contributed by atoms with Gasteiger partial charge in [0.1, 0.15) is 11.5 Å². The highest BCUT2D eigenvalue weighted by molar-refractivity contribution is 6.46. The molecule has 8 nitrogen and oxygen atoms in total. The maximum Gasteiger partial charge on any atom is 0.295 e. The minimum atomic E-state index is -0.813. The van der Waals surface area contributed by atoms with E-state index in [1.54, 1.807) is 42.5 Å². The molecule has 2 aromatic rings. The highest BCUT2D eigenvalue weighted by Crippen LogP contribution is 2.41. The van der Waals surface area contributed by atoms with Crippen molar-refractivity contribution < 1.29 is 33.6 Å². The van der Waals surface area contributed by atoms with Gasteiger partial charge in [0.05, 0.1) is 38.5 Å². The monoisotopic (exact) mass is 455 g/mol. The number of aliphatic hydroxyl groups excluding tert-OH is 1. The molecule has 33 heavy (non-hydrogen) atoms. The molecular weight excluding hydrogens is 426 g/mol. The second-order valence-corrected chi connectivity index (χ2v) is 7.79. The van der Waals surface area contributed by atoms with Crippen molar-refractivity contribution in [2.45, 2.75) is 26.0 Å². The van der Waals surface area contributed by atoms with Crippen LogP contribution >= 0.6 is 0 Å². The third-order valence-corrected chi connectivity index (χ3v) is 5.30. The van der Waals surface area contributed by atoms with Crippen molar-refractivity contribution in [3.05, 3.63) is 59.2 Å². The van der Waals surface area contributed by atoms with E-state index in [9.17, 15) is 14.7 Å². The van der Waals surface area contributed by atoms with Gasteiger partial charge in [-0.2, -0.15) is 0 Å². The number of hydrogen-bond donors (Lipinski definition) is 1. The van der Waals surface area contributed by atoms with Crippen molar-refractivity contribution in [2.24, 2.45) is 0 Å². The Kier molecular flexibility index (Phi) is 7.60. The predicted molar refractivity (Wildman–Crippen MR) is 123 cm³/mol. The summed E-state index contributed by atoms with van der Waals surface area (Å²) in [6, 6.07) is 11.0. The van der Waals surface area contributed by atoms with Crippen LogP contribution < -0.4 is 14.2 Å². The molecule has 1 N–H and O–H groups in total. The lowest BCUT2D eigenvalue weighted by Gasteiger charge is -2.25. The molecule has 0 bridgehead atoms. The van der Waals surface area contributed by atoms with Crippen LogP contribution in [-0.4, -0.2) is 62.3 Å². The second kappa shape index (κ2) is 10.4. The zero-order valence-electron chi connectivity index (χ0n) is 19.5. The molecule has 1 aliphatic rings. The second-order valence-electron chi connectivity index (χ2n) is 7.79. The van der Waals surface area contributed by atoms with Gasteiger partial charge in [0.25, 0.3) is 11.7 Å². The van der Waals surface area contributed by atoms with E-state index in [0.717, 1.165) is 0 Å². The van der Waals surface area contributed by atoms with Gasteiger partial charge >= 0.3 is 0 Å². The average molecular weight is 456 g/mol. The minimum absolute atomic E-state index is 0.000563. The van der Waals surface area contributed by atoms with Crippen molar-refractivity contribution in [3.63, 3.8) is 0 Å². The molecule has 1 heterocycles. The number of carbonyl (C=O) groups is 2. The van der Waals surface area contributed by atoms with Crippen molar-refractivity contribution in [1.29, 1.82) is 0 Å². The predicted octanol–water partition coefficient (Wildman–Crippen LogP) is 3.56. The summed E-state index contributed by atoms with van der Waals surface area (Å²) >= 11 is 0. The average Bonchev–Trinajstić information content (AvgIpc) is 3.06. The van der Waals surface area contributed by atoms with Crippen LogP contribution in [0, 0.1) is 0 Å². The van der Waals surface area contributed by atoms with Crippen LogP contribution in [0.5, 0.6) is 17.2 Å². The maximum atomic E-state index is 13.0. The zero-order chi connectivity index (χ0) is 24.1. The number of rotatable bonds is 9. The van der Waals surface area contributed by atoms with Gasteiger partial charge in [-0.15, -0.1) is 0 Å². The Balaban J connectivity index is 2.12. The smallest absolute Gasteiger partial charge is 0.295 e. The first-order chi connectivity index (χ1) is 15.8. The molecule has 0 saturated carbocycles. The van der Waals surface area contributed by atoms with Crippen LogP contribution in [0.25, 0.3) is 5.76 Å². The summed E-state index contributed by atoms with van der Waals surface area (Å²) in [4.78, 5) is 27.3. The molecule has 0 aromatic heterocycles. The molecule has 1 amide bonds. The topological polar surface area (TPSA) is 94.5 Å². The lowest BCUT2D eigenvalue weighted by molar-refractivity contribution is -0.140. The summed E-state index contributed by atoms with van der Waals surface area (Å²) in [7, 11) is 4.54. The summed E-state index contributed by atoms with van der Waals surface area (Å²) in [5.74, 6) is -0.125. The number of hydrogen-bond acceptors (Lipinski definition) is 7. The molecule has 176 valence electrons. The standard InChI is InChI=1S/C25H29NO7/c1-15(2)33-18-9-6-16(7-10-18)23(27)21-22(26(12-13-30-3)25(29)24(21)28)17-8-11-19(31-4)20(14-17)32-5/h6-11,14-15,22,27H,12-13H2,1-5H3/b23-21+. The van der Waals surface area contributed by atoms with Gasteiger partial charge in [-0.05, 0) is 55.8 Å². The van der Waals surface area contributed by atoms with E-state index < -0.39 is 17.7 Å². The van der Waals surface area contributed by atoms with E-state index in [-0.39, 0.29) is 30.6 Å². The molecule has 1 atom stereocenters. The molecule has 0 radical (unpaired) electrons. The summed E-state index contributed by atoms with van der Waals surface area (Å²) in [6.07, 6.45) is 0.000563. The number of methoxy groups -OCH3 is 3. The minimum Gasteiger partial charge on any atom is -0.507 e. The van der Waals surface area contributed by atoms with Gasteiger partial charge in [0.15, 0.2) is 11.5 Å². The molecule has 1 aliphatic heterocycles. The van der Waals surface area contributed by atoms with E-state index >= 15 is 0 Å². The fraction of sp³-hybridized carbons (Fsp3) is 0.360. The third-order valence-electron chi connectivity index (χ3n) is 5.30. The zero-order valence-corrected chi connectivity index (χ0v) is 19.5. The quantitative estimate of drug-likeness (QED) is 0.351. The van der Waals surface area contributed by atoms with E-state index in [2.05, 4.69) is 0 Å². The Morgan fingerprint density at radius 2 is 1.67 bits per heavy atom. The van der Waals surface area contributed by atoms with Crippen LogP contribution in [0.4, 0.5) is 0 Å². The Morgan fingerprint density at radius 1 is 1.00 bits per heavy atom. The number of carbonyl (C=O) groups excluding carboxylic acids is 2. The van der Waals surface area contributed by atoms with Crippen LogP contribution in [0.1, 0.15) is 31.0 Å². The summed E-state index contributed by atoms with van der Waals surface area (Å²) in [5, 5.41) is 11.1. The largest absolute Gasteiger partial charge is 0.507 e. The number of aliphatic hydroxyl groups is 1. The van der Waals surface area contributed by atoms with Gasteiger partial charge in [-0.3, -0.25) is 9.59 Å². The fourth-order valence-electron chi connectivity index (χ4n) is 3.79. The Morgan fingerprint density at radius 3 is 2.24 bits per heavy atom. The van der Waals surface area contributed by atoms with Gasteiger partial charge < -0.3 is 29.0 Å². The number of likely N-dealkylation sites (tertiary alicyclic amines) is 1. The Bertz CT molecular complexity index is 1040. The highest BCUT2D eigenvalue weighted by Gasteiger charge is 2.46.